The minimum absolute atomic E-state index is 0.635. The molecule has 4 nitrogen and oxygen atoms in total. The van der Waals surface area contributed by atoms with Crippen molar-refractivity contribution in [2.24, 2.45) is 0 Å². The van der Waals surface area contributed by atoms with E-state index in [1.54, 1.807) is 6.07 Å². The van der Waals surface area contributed by atoms with Gasteiger partial charge in [-0.25, -0.2) is 4.98 Å². The van der Waals surface area contributed by atoms with Crippen molar-refractivity contribution in [1.29, 1.82) is 5.26 Å². The van der Waals surface area contributed by atoms with Crippen molar-refractivity contribution in [3.8, 4) is 6.07 Å². The van der Waals surface area contributed by atoms with Crippen LogP contribution in [0.25, 0.3) is 0 Å². The molecule has 0 radical (unpaired) electrons. The van der Waals surface area contributed by atoms with Crippen molar-refractivity contribution < 1.29 is 4.98 Å². The van der Waals surface area contributed by atoms with Crippen molar-refractivity contribution in [3.63, 3.8) is 0 Å². The Morgan fingerprint density at radius 3 is 2.86 bits per heavy atom. The van der Waals surface area contributed by atoms with Gasteiger partial charge in [-0.2, -0.15) is 5.26 Å². The summed E-state index contributed by atoms with van der Waals surface area (Å²) < 4.78 is 0. The zero-order valence-corrected chi connectivity index (χ0v) is 12.6. The van der Waals surface area contributed by atoms with Gasteiger partial charge in [0.05, 0.1) is 12.7 Å². The predicted molar refractivity (Wildman–Crippen MR) is 85.3 cm³/mol. The van der Waals surface area contributed by atoms with E-state index in [0.29, 0.717) is 5.56 Å². The number of pyridine rings is 1. The predicted octanol–water partition coefficient (Wildman–Crippen LogP) is 2.62. The highest BCUT2D eigenvalue weighted by molar-refractivity contribution is 5.50. The monoisotopic (exact) mass is 281 g/mol. The van der Waals surface area contributed by atoms with Crippen molar-refractivity contribution in [1.82, 2.24) is 0 Å². The number of hydrogen-bond acceptors (Lipinski definition) is 3. The molecule has 0 bridgehead atoms. The first-order valence-electron chi connectivity index (χ1n) is 7.21. The van der Waals surface area contributed by atoms with Crippen LogP contribution in [0.1, 0.15) is 18.1 Å². The zero-order valence-electron chi connectivity index (χ0n) is 12.6. The Labute approximate surface area is 126 Å². The van der Waals surface area contributed by atoms with Crippen LogP contribution in [-0.2, 0) is 0 Å². The number of anilines is 2. The first kappa shape index (κ1) is 14.9. The SMILES string of the molecule is CCN(CCNc1[nH+]cccc1C#N)c1cccc(C)c1. The molecule has 0 aliphatic heterocycles. The molecule has 108 valence electrons. The summed E-state index contributed by atoms with van der Waals surface area (Å²) in [7, 11) is 0. The first-order valence-corrected chi connectivity index (χ1v) is 7.21. The van der Waals surface area contributed by atoms with Gasteiger partial charge in [0.1, 0.15) is 18.2 Å². The number of benzene rings is 1. The number of aromatic nitrogens is 1. The van der Waals surface area contributed by atoms with Gasteiger partial charge in [0.2, 0.25) is 0 Å². The minimum Gasteiger partial charge on any atom is -0.368 e. The van der Waals surface area contributed by atoms with E-state index >= 15 is 0 Å². The molecule has 2 N–H and O–H groups in total. The number of aryl methyl sites for hydroxylation is 1. The van der Waals surface area contributed by atoms with Crippen molar-refractivity contribution >= 4 is 11.5 Å². The van der Waals surface area contributed by atoms with E-state index in [9.17, 15) is 0 Å². The van der Waals surface area contributed by atoms with Gasteiger partial charge in [0.15, 0.2) is 0 Å². The van der Waals surface area contributed by atoms with Gasteiger partial charge in [-0.05, 0) is 43.7 Å². The molecule has 0 saturated carbocycles. The van der Waals surface area contributed by atoms with Gasteiger partial charge in [0.25, 0.3) is 5.82 Å². The number of aromatic amines is 1. The van der Waals surface area contributed by atoms with Crippen LogP contribution in [0.4, 0.5) is 11.5 Å². The second kappa shape index (κ2) is 7.30. The van der Waals surface area contributed by atoms with Crippen LogP contribution >= 0.6 is 0 Å². The Balaban J connectivity index is 1.97. The van der Waals surface area contributed by atoms with E-state index in [4.69, 9.17) is 5.26 Å². The quantitative estimate of drug-likeness (QED) is 0.885. The van der Waals surface area contributed by atoms with Gasteiger partial charge in [0, 0.05) is 12.2 Å². The van der Waals surface area contributed by atoms with Crippen LogP contribution < -0.4 is 15.2 Å². The molecule has 0 aliphatic carbocycles. The Hall–Kier alpha value is -2.54. The second-order valence-electron chi connectivity index (χ2n) is 4.92. The lowest BCUT2D eigenvalue weighted by atomic mass is 10.2. The molecule has 0 aliphatic rings. The maximum absolute atomic E-state index is 9.06. The number of likely N-dealkylation sites (N-methyl/N-ethyl adjacent to an activating group) is 1. The third-order valence-electron chi connectivity index (χ3n) is 3.41. The first-order chi connectivity index (χ1) is 10.2. The van der Waals surface area contributed by atoms with Crippen LogP contribution in [0.3, 0.4) is 0 Å². The van der Waals surface area contributed by atoms with Gasteiger partial charge < -0.3 is 4.90 Å². The van der Waals surface area contributed by atoms with E-state index in [1.165, 1.54) is 11.3 Å². The molecule has 2 aromatic rings. The number of H-pyrrole nitrogens is 1. The van der Waals surface area contributed by atoms with E-state index in [1.807, 2.05) is 12.3 Å². The summed E-state index contributed by atoms with van der Waals surface area (Å²) in [5, 5.41) is 12.4. The number of nitriles is 1. The summed E-state index contributed by atoms with van der Waals surface area (Å²) in [5.74, 6) is 0.778. The average Bonchev–Trinajstić information content (AvgIpc) is 2.52. The van der Waals surface area contributed by atoms with Crippen LogP contribution in [0.15, 0.2) is 42.6 Å². The molecular formula is C17H21N4+. The number of hydrogen-bond donors (Lipinski definition) is 1. The fourth-order valence-electron chi connectivity index (χ4n) is 2.29. The maximum Gasteiger partial charge on any atom is 0.290 e. The molecule has 0 unspecified atom stereocenters. The Morgan fingerprint density at radius 2 is 2.14 bits per heavy atom. The number of nitrogens with zero attached hydrogens (tertiary/aromatic N) is 2. The summed E-state index contributed by atoms with van der Waals surface area (Å²) in [6, 6.07) is 14.3. The molecule has 0 spiro atoms. The van der Waals surface area contributed by atoms with E-state index in [0.717, 1.165) is 25.5 Å². The topological polar surface area (TPSA) is 53.2 Å². The molecule has 0 saturated heterocycles. The highest BCUT2D eigenvalue weighted by atomic mass is 15.1. The lowest BCUT2D eigenvalue weighted by molar-refractivity contribution is -0.361. The lowest BCUT2D eigenvalue weighted by Crippen LogP contribution is -2.30. The summed E-state index contributed by atoms with van der Waals surface area (Å²) >= 11 is 0. The number of nitrogens with one attached hydrogen (secondary N) is 2. The van der Waals surface area contributed by atoms with E-state index in [-0.39, 0.29) is 0 Å². The Morgan fingerprint density at radius 1 is 1.29 bits per heavy atom. The van der Waals surface area contributed by atoms with Gasteiger partial charge in [-0.15, -0.1) is 0 Å². The van der Waals surface area contributed by atoms with Crippen molar-refractivity contribution in [3.05, 3.63) is 53.7 Å². The number of rotatable bonds is 6. The van der Waals surface area contributed by atoms with E-state index in [2.05, 4.69) is 59.4 Å². The molecule has 0 atom stereocenters. The Kier molecular flexibility index (Phi) is 5.16. The molecule has 1 aromatic heterocycles. The van der Waals surface area contributed by atoms with Crippen LogP contribution in [0, 0.1) is 18.3 Å². The molecule has 1 aromatic carbocycles. The third-order valence-corrected chi connectivity index (χ3v) is 3.41. The molecular weight excluding hydrogens is 260 g/mol. The summed E-state index contributed by atoms with van der Waals surface area (Å²) in [6.07, 6.45) is 1.82. The molecule has 0 amide bonds. The average molecular weight is 281 g/mol. The molecule has 4 heteroatoms. The molecule has 1 heterocycles. The highest BCUT2D eigenvalue weighted by Gasteiger charge is 2.10. The second-order valence-corrected chi connectivity index (χ2v) is 4.92. The smallest absolute Gasteiger partial charge is 0.290 e. The maximum atomic E-state index is 9.06. The third kappa shape index (κ3) is 3.96. The van der Waals surface area contributed by atoms with Crippen LogP contribution in [-0.4, -0.2) is 19.6 Å². The molecule has 2 rings (SSSR count). The zero-order chi connectivity index (χ0) is 15.1. The standard InChI is InChI=1S/C17H20N4/c1-3-21(16-8-4-6-14(2)12-16)11-10-20-17-15(13-18)7-5-9-19-17/h4-9,12H,3,10-11H2,1-2H3,(H,19,20)/p+1. The fourth-order valence-corrected chi connectivity index (χ4v) is 2.29. The highest BCUT2D eigenvalue weighted by Crippen LogP contribution is 2.15. The Bertz CT molecular complexity index is 631. The molecule has 0 fully saturated rings. The van der Waals surface area contributed by atoms with Gasteiger partial charge >= 0.3 is 0 Å². The minimum atomic E-state index is 0.635. The normalized spacial score (nSPS) is 9.95. The largest absolute Gasteiger partial charge is 0.368 e. The van der Waals surface area contributed by atoms with Crippen molar-refractivity contribution in [2.45, 2.75) is 13.8 Å². The lowest BCUT2D eigenvalue weighted by Gasteiger charge is -2.22. The summed E-state index contributed by atoms with van der Waals surface area (Å²) in [4.78, 5) is 5.39. The molecule has 21 heavy (non-hydrogen) atoms. The summed E-state index contributed by atoms with van der Waals surface area (Å²) in [6.45, 7) is 6.87. The van der Waals surface area contributed by atoms with E-state index < -0.39 is 0 Å². The fraction of sp³-hybridized carbons (Fsp3) is 0.294. The summed E-state index contributed by atoms with van der Waals surface area (Å²) in [5.41, 5.74) is 3.13. The van der Waals surface area contributed by atoms with Crippen molar-refractivity contribution in [2.75, 3.05) is 29.9 Å². The van der Waals surface area contributed by atoms with Crippen LogP contribution in [0.5, 0.6) is 0 Å². The van der Waals surface area contributed by atoms with Gasteiger partial charge in [-0.3, -0.25) is 5.32 Å². The van der Waals surface area contributed by atoms with Gasteiger partial charge in [-0.1, -0.05) is 12.1 Å². The van der Waals surface area contributed by atoms with Crippen LogP contribution in [0.2, 0.25) is 0 Å².